The molecule has 25 heavy (non-hydrogen) atoms. The van der Waals surface area contributed by atoms with E-state index in [9.17, 15) is 10.1 Å². The van der Waals surface area contributed by atoms with E-state index in [0.717, 1.165) is 37.7 Å². The van der Waals surface area contributed by atoms with Gasteiger partial charge >= 0.3 is 0 Å². The van der Waals surface area contributed by atoms with Crippen LogP contribution in [-0.4, -0.2) is 26.2 Å². The van der Waals surface area contributed by atoms with Gasteiger partial charge in [-0.1, -0.05) is 39.2 Å². The van der Waals surface area contributed by atoms with Crippen molar-refractivity contribution in [1.82, 2.24) is 5.32 Å². The summed E-state index contributed by atoms with van der Waals surface area (Å²) in [6, 6.07) is 7.34. The molecule has 0 saturated heterocycles. The Morgan fingerprint density at radius 3 is 2.60 bits per heavy atom. The molecule has 0 aliphatic heterocycles. The number of carbonyl (C=O) groups excluding carboxylic acids is 1. The zero-order chi connectivity index (χ0) is 18.5. The normalized spacial score (nSPS) is 10.9. The second-order valence-corrected chi connectivity index (χ2v) is 5.75. The van der Waals surface area contributed by atoms with Crippen molar-refractivity contribution < 1.29 is 14.3 Å². The number of hydrogen-bond donors (Lipinski definition) is 1. The smallest absolute Gasteiger partial charge is 0.261 e. The van der Waals surface area contributed by atoms with E-state index in [0.29, 0.717) is 24.7 Å². The number of nitrogens with zero attached hydrogens (tertiary/aromatic N) is 1. The Morgan fingerprint density at radius 1 is 1.20 bits per heavy atom. The van der Waals surface area contributed by atoms with E-state index in [1.54, 1.807) is 25.3 Å². The van der Waals surface area contributed by atoms with Crippen molar-refractivity contribution in [3.63, 3.8) is 0 Å². The number of benzene rings is 1. The first-order valence-corrected chi connectivity index (χ1v) is 8.87. The highest BCUT2D eigenvalue weighted by molar-refractivity contribution is 6.01. The molecule has 0 spiro atoms. The van der Waals surface area contributed by atoms with Crippen LogP contribution in [-0.2, 0) is 4.79 Å². The van der Waals surface area contributed by atoms with E-state index in [1.165, 1.54) is 0 Å². The topological polar surface area (TPSA) is 71.3 Å². The van der Waals surface area contributed by atoms with Crippen molar-refractivity contribution in [2.24, 2.45) is 0 Å². The molecule has 1 aromatic rings. The lowest BCUT2D eigenvalue weighted by molar-refractivity contribution is -0.117. The van der Waals surface area contributed by atoms with Gasteiger partial charge in [0.25, 0.3) is 5.91 Å². The lowest BCUT2D eigenvalue weighted by Gasteiger charge is -2.11. The van der Waals surface area contributed by atoms with Crippen LogP contribution in [0.4, 0.5) is 0 Å². The van der Waals surface area contributed by atoms with Crippen LogP contribution in [0.15, 0.2) is 23.8 Å². The molecule has 5 nitrogen and oxygen atoms in total. The number of carbonyl (C=O) groups is 1. The Morgan fingerprint density at radius 2 is 1.96 bits per heavy atom. The molecule has 0 aromatic heterocycles. The number of unbranched alkanes of at least 4 members (excludes halogenated alkanes) is 3. The Bertz CT molecular complexity index is 618. The lowest BCUT2D eigenvalue weighted by Crippen LogP contribution is -2.25. The molecule has 1 aromatic carbocycles. The molecule has 5 heteroatoms. The van der Waals surface area contributed by atoms with Crippen molar-refractivity contribution in [1.29, 1.82) is 5.26 Å². The van der Waals surface area contributed by atoms with Crippen LogP contribution in [0.3, 0.4) is 0 Å². The minimum absolute atomic E-state index is 0.0785. The van der Waals surface area contributed by atoms with Gasteiger partial charge in [-0.3, -0.25) is 4.79 Å². The van der Waals surface area contributed by atoms with Crippen LogP contribution >= 0.6 is 0 Å². The average Bonchev–Trinajstić information content (AvgIpc) is 2.63. The highest BCUT2D eigenvalue weighted by atomic mass is 16.5. The number of hydrogen-bond acceptors (Lipinski definition) is 4. The summed E-state index contributed by atoms with van der Waals surface area (Å²) >= 11 is 0. The Labute approximate surface area is 150 Å². The van der Waals surface area contributed by atoms with E-state index in [4.69, 9.17) is 9.47 Å². The SMILES string of the molecule is CCCCCOc1ccc(/C=C(/C#N)C(=O)NCCCC)cc1OC. The molecular formula is C20H28N2O3. The van der Waals surface area contributed by atoms with Crippen molar-refractivity contribution in [2.45, 2.75) is 46.0 Å². The van der Waals surface area contributed by atoms with Gasteiger partial charge in [-0.2, -0.15) is 5.26 Å². The van der Waals surface area contributed by atoms with Crippen molar-refractivity contribution >= 4 is 12.0 Å². The molecule has 1 N–H and O–H groups in total. The predicted molar refractivity (Wildman–Crippen MR) is 99.5 cm³/mol. The van der Waals surface area contributed by atoms with Crippen LogP contribution in [0.25, 0.3) is 6.08 Å². The van der Waals surface area contributed by atoms with Gasteiger partial charge in [0.1, 0.15) is 11.6 Å². The third kappa shape index (κ3) is 7.30. The molecule has 0 fully saturated rings. The van der Waals surface area contributed by atoms with E-state index in [2.05, 4.69) is 12.2 Å². The predicted octanol–water partition coefficient (Wildman–Crippen LogP) is 4.09. The molecule has 0 unspecified atom stereocenters. The number of methoxy groups -OCH3 is 1. The van der Waals surface area contributed by atoms with Crippen molar-refractivity contribution in [3.05, 3.63) is 29.3 Å². The lowest BCUT2D eigenvalue weighted by atomic mass is 10.1. The first kappa shape index (κ1) is 20.6. The molecule has 0 aliphatic carbocycles. The van der Waals surface area contributed by atoms with E-state index >= 15 is 0 Å². The molecule has 1 amide bonds. The van der Waals surface area contributed by atoms with Gasteiger partial charge in [0, 0.05) is 6.54 Å². The van der Waals surface area contributed by atoms with E-state index < -0.39 is 0 Å². The van der Waals surface area contributed by atoms with Crippen LogP contribution < -0.4 is 14.8 Å². The summed E-state index contributed by atoms with van der Waals surface area (Å²) in [5.41, 5.74) is 0.801. The number of rotatable bonds is 11. The summed E-state index contributed by atoms with van der Waals surface area (Å²) in [6.45, 7) is 5.41. The molecule has 0 atom stereocenters. The summed E-state index contributed by atoms with van der Waals surface area (Å²) in [7, 11) is 1.57. The molecule has 0 aliphatic rings. The minimum atomic E-state index is -0.352. The first-order chi connectivity index (χ1) is 12.2. The number of nitrogens with one attached hydrogen (secondary N) is 1. The highest BCUT2D eigenvalue weighted by Crippen LogP contribution is 2.29. The van der Waals surface area contributed by atoms with Crippen LogP contribution in [0, 0.1) is 11.3 Å². The van der Waals surface area contributed by atoms with Crippen LogP contribution in [0.5, 0.6) is 11.5 Å². The quantitative estimate of drug-likeness (QED) is 0.373. The molecule has 0 bridgehead atoms. The molecular weight excluding hydrogens is 316 g/mol. The van der Waals surface area contributed by atoms with Gasteiger partial charge in [0.15, 0.2) is 11.5 Å². The first-order valence-electron chi connectivity index (χ1n) is 8.87. The molecule has 0 saturated carbocycles. The van der Waals surface area contributed by atoms with Gasteiger partial charge < -0.3 is 14.8 Å². The largest absolute Gasteiger partial charge is 0.493 e. The van der Waals surface area contributed by atoms with Gasteiger partial charge in [-0.15, -0.1) is 0 Å². The number of ether oxygens (including phenoxy) is 2. The molecule has 0 heterocycles. The van der Waals surface area contributed by atoms with Gasteiger partial charge in [-0.25, -0.2) is 0 Å². The second-order valence-electron chi connectivity index (χ2n) is 5.75. The van der Waals surface area contributed by atoms with E-state index in [-0.39, 0.29) is 11.5 Å². The third-order valence-corrected chi connectivity index (χ3v) is 3.69. The highest BCUT2D eigenvalue weighted by Gasteiger charge is 2.10. The van der Waals surface area contributed by atoms with Crippen molar-refractivity contribution in [2.75, 3.05) is 20.3 Å². The van der Waals surface area contributed by atoms with Crippen LogP contribution in [0.2, 0.25) is 0 Å². The Balaban J connectivity index is 2.82. The maximum Gasteiger partial charge on any atom is 0.261 e. The third-order valence-electron chi connectivity index (χ3n) is 3.69. The zero-order valence-corrected chi connectivity index (χ0v) is 15.4. The molecule has 0 radical (unpaired) electrons. The summed E-state index contributed by atoms with van der Waals surface area (Å²) in [5, 5.41) is 12.0. The Kier molecular flexibility index (Phi) is 9.84. The average molecular weight is 344 g/mol. The summed E-state index contributed by atoms with van der Waals surface area (Å²) in [5.74, 6) is 0.908. The van der Waals surface area contributed by atoms with Crippen molar-refractivity contribution in [3.8, 4) is 17.6 Å². The zero-order valence-electron chi connectivity index (χ0n) is 15.4. The maximum absolute atomic E-state index is 12.0. The minimum Gasteiger partial charge on any atom is -0.493 e. The van der Waals surface area contributed by atoms with E-state index in [1.807, 2.05) is 19.1 Å². The molecule has 136 valence electrons. The van der Waals surface area contributed by atoms with Gasteiger partial charge in [0.05, 0.1) is 13.7 Å². The summed E-state index contributed by atoms with van der Waals surface area (Å²) in [4.78, 5) is 12.0. The number of amides is 1. The van der Waals surface area contributed by atoms with Gasteiger partial charge in [-0.05, 0) is 36.6 Å². The Hall–Kier alpha value is -2.48. The summed E-state index contributed by atoms with van der Waals surface area (Å²) < 4.78 is 11.1. The standard InChI is InChI=1S/C20H28N2O3/c1-4-6-8-12-25-18-10-9-16(14-19(18)24-3)13-17(15-21)20(23)22-11-7-5-2/h9-10,13-14H,4-8,11-12H2,1-3H3,(H,22,23)/b17-13-. The fourth-order valence-corrected chi connectivity index (χ4v) is 2.22. The number of nitriles is 1. The molecule has 1 rings (SSSR count). The maximum atomic E-state index is 12.0. The second kappa shape index (κ2) is 12.0. The van der Waals surface area contributed by atoms with Crippen LogP contribution in [0.1, 0.15) is 51.5 Å². The fourth-order valence-electron chi connectivity index (χ4n) is 2.22. The summed E-state index contributed by atoms with van der Waals surface area (Å²) in [6.07, 6.45) is 6.71. The van der Waals surface area contributed by atoms with Gasteiger partial charge in [0.2, 0.25) is 0 Å². The fraction of sp³-hybridized carbons (Fsp3) is 0.500. The monoisotopic (exact) mass is 344 g/mol.